The minimum absolute atomic E-state index is 0.226. The summed E-state index contributed by atoms with van der Waals surface area (Å²) in [5.74, 6) is 1.66. The van der Waals surface area contributed by atoms with Gasteiger partial charge in [0.1, 0.15) is 5.75 Å². The van der Waals surface area contributed by atoms with Crippen LogP contribution < -0.4 is 10.5 Å². The highest BCUT2D eigenvalue weighted by Gasteiger charge is 2.29. The van der Waals surface area contributed by atoms with Gasteiger partial charge < -0.3 is 10.5 Å². The Balaban J connectivity index is 1.79. The van der Waals surface area contributed by atoms with Crippen molar-refractivity contribution in [2.45, 2.75) is 51.5 Å². The van der Waals surface area contributed by atoms with Crippen LogP contribution in [0.5, 0.6) is 5.75 Å². The van der Waals surface area contributed by atoms with Crippen LogP contribution in [-0.2, 0) is 0 Å². The van der Waals surface area contributed by atoms with E-state index in [1.54, 1.807) is 0 Å². The van der Waals surface area contributed by atoms with Gasteiger partial charge in [-0.15, -0.1) is 0 Å². The van der Waals surface area contributed by atoms with Gasteiger partial charge in [-0.25, -0.2) is 0 Å². The van der Waals surface area contributed by atoms with Crippen LogP contribution in [0.2, 0.25) is 0 Å². The van der Waals surface area contributed by atoms with Gasteiger partial charge in [-0.1, -0.05) is 43.7 Å². The standard InChI is InChI=1S/C18H25NO/c1-18(2)11-13(10-15(19)12-18)9-14-7-8-20-17-6-4-3-5-16(14)17/h3-6,10,14-15H,7-9,11-12,19H2,1-2H3. The Hall–Kier alpha value is -1.28. The number of benzene rings is 1. The summed E-state index contributed by atoms with van der Waals surface area (Å²) >= 11 is 0. The lowest BCUT2D eigenvalue weighted by molar-refractivity contribution is 0.259. The summed E-state index contributed by atoms with van der Waals surface area (Å²) in [5.41, 5.74) is 9.45. The maximum absolute atomic E-state index is 6.20. The summed E-state index contributed by atoms with van der Waals surface area (Å²) in [5, 5.41) is 0. The molecule has 1 aliphatic carbocycles. The molecule has 2 heteroatoms. The molecular weight excluding hydrogens is 246 g/mol. The van der Waals surface area contributed by atoms with E-state index in [1.165, 1.54) is 17.6 Å². The fraction of sp³-hybridized carbons (Fsp3) is 0.556. The van der Waals surface area contributed by atoms with Gasteiger partial charge in [0.05, 0.1) is 6.61 Å². The van der Waals surface area contributed by atoms with Gasteiger partial charge >= 0.3 is 0 Å². The average molecular weight is 271 g/mol. The van der Waals surface area contributed by atoms with Crippen molar-refractivity contribution in [3.8, 4) is 5.75 Å². The van der Waals surface area contributed by atoms with Crippen molar-refractivity contribution in [2.75, 3.05) is 6.61 Å². The SMILES string of the molecule is CC1(C)CC(CC2CCOc3ccccc32)=CC(N)C1. The Kier molecular flexibility index (Phi) is 3.59. The topological polar surface area (TPSA) is 35.2 Å². The first-order valence-electron chi connectivity index (χ1n) is 7.70. The third-order valence-electron chi connectivity index (χ3n) is 4.53. The van der Waals surface area contributed by atoms with Gasteiger partial charge in [0.2, 0.25) is 0 Å². The monoisotopic (exact) mass is 271 g/mol. The highest BCUT2D eigenvalue weighted by Crippen LogP contribution is 2.42. The molecule has 1 heterocycles. The summed E-state index contributed by atoms with van der Waals surface area (Å²) in [6, 6.07) is 8.70. The van der Waals surface area contributed by atoms with Crippen molar-refractivity contribution in [3.05, 3.63) is 41.5 Å². The van der Waals surface area contributed by atoms with Crippen LogP contribution in [0, 0.1) is 5.41 Å². The molecule has 0 bridgehead atoms. The Morgan fingerprint density at radius 2 is 2.10 bits per heavy atom. The lowest BCUT2D eigenvalue weighted by Gasteiger charge is -2.35. The zero-order chi connectivity index (χ0) is 14.2. The molecule has 20 heavy (non-hydrogen) atoms. The second kappa shape index (κ2) is 5.25. The number of hydrogen-bond donors (Lipinski definition) is 1. The van der Waals surface area contributed by atoms with Crippen LogP contribution in [0.25, 0.3) is 0 Å². The van der Waals surface area contributed by atoms with E-state index in [4.69, 9.17) is 10.5 Å². The molecule has 0 amide bonds. The number of rotatable bonds is 2. The van der Waals surface area contributed by atoms with Gasteiger partial charge in [0, 0.05) is 6.04 Å². The lowest BCUT2D eigenvalue weighted by Crippen LogP contribution is -2.31. The number of fused-ring (bicyclic) bond motifs is 1. The molecule has 1 aromatic carbocycles. The van der Waals surface area contributed by atoms with E-state index < -0.39 is 0 Å². The molecule has 2 unspecified atom stereocenters. The Morgan fingerprint density at radius 3 is 2.90 bits per heavy atom. The first kappa shape index (κ1) is 13.7. The van der Waals surface area contributed by atoms with Crippen LogP contribution >= 0.6 is 0 Å². The zero-order valence-electron chi connectivity index (χ0n) is 12.6. The molecule has 2 N–H and O–H groups in total. The number of ether oxygens (including phenoxy) is 1. The quantitative estimate of drug-likeness (QED) is 0.825. The van der Waals surface area contributed by atoms with Gasteiger partial charge in [0.15, 0.2) is 0 Å². The molecule has 2 nitrogen and oxygen atoms in total. The van der Waals surface area contributed by atoms with Crippen molar-refractivity contribution >= 4 is 0 Å². The van der Waals surface area contributed by atoms with Crippen molar-refractivity contribution < 1.29 is 4.74 Å². The zero-order valence-corrected chi connectivity index (χ0v) is 12.6. The number of para-hydroxylation sites is 1. The van der Waals surface area contributed by atoms with Crippen molar-refractivity contribution in [1.82, 2.24) is 0 Å². The normalized spacial score (nSPS) is 28.2. The molecule has 0 saturated heterocycles. The van der Waals surface area contributed by atoms with Crippen LogP contribution in [0.1, 0.15) is 51.0 Å². The minimum Gasteiger partial charge on any atom is -0.493 e. The maximum Gasteiger partial charge on any atom is 0.122 e. The second-order valence-corrected chi connectivity index (χ2v) is 7.11. The third-order valence-corrected chi connectivity index (χ3v) is 4.53. The summed E-state index contributed by atoms with van der Waals surface area (Å²) < 4.78 is 5.76. The van der Waals surface area contributed by atoms with Crippen LogP contribution in [0.3, 0.4) is 0 Å². The van der Waals surface area contributed by atoms with E-state index in [9.17, 15) is 0 Å². The van der Waals surface area contributed by atoms with Crippen molar-refractivity contribution in [2.24, 2.45) is 11.1 Å². The summed E-state index contributed by atoms with van der Waals surface area (Å²) in [7, 11) is 0. The second-order valence-electron chi connectivity index (χ2n) is 7.11. The molecule has 0 radical (unpaired) electrons. The van der Waals surface area contributed by atoms with Crippen molar-refractivity contribution in [3.63, 3.8) is 0 Å². The third kappa shape index (κ3) is 2.90. The number of nitrogens with two attached hydrogens (primary N) is 1. The summed E-state index contributed by atoms with van der Waals surface area (Å²) in [6.07, 6.45) is 6.84. The van der Waals surface area contributed by atoms with Gasteiger partial charge in [0.25, 0.3) is 0 Å². The fourth-order valence-corrected chi connectivity index (χ4v) is 3.83. The molecule has 0 saturated carbocycles. The predicted molar refractivity (Wildman–Crippen MR) is 83.0 cm³/mol. The lowest BCUT2D eigenvalue weighted by atomic mass is 9.73. The molecule has 1 aliphatic heterocycles. The predicted octanol–water partition coefficient (Wildman–Crippen LogP) is 4.02. The molecule has 0 fully saturated rings. The number of hydrogen-bond acceptors (Lipinski definition) is 2. The Bertz CT molecular complexity index is 518. The van der Waals surface area contributed by atoms with E-state index >= 15 is 0 Å². The van der Waals surface area contributed by atoms with E-state index in [2.05, 4.69) is 44.2 Å². The highest BCUT2D eigenvalue weighted by atomic mass is 16.5. The fourth-order valence-electron chi connectivity index (χ4n) is 3.83. The Morgan fingerprint density at radius 1 is 1.30 bits per heavy atom. The molecule has 2 aliphatic rings. The molecular formula is C18H25NO. The summed E-state index contributed by atoms with van der Waals surface area (Å²) in [6.45, 7) is 5.50. The molecule has 108 valence electrons. The van der Waals surface area contributed by atoms with Crippen LogP contribution in [0.4, 0.5) is 0 Å². The number of allylic oxidation sites excluding steroid dienone is 1. The van der Waals surface area contributed by atoms with E-state index in [0.717, 1.165) is 31.6 Å². The van der Waals surface area contributed by atoms with Gasteiger partial charge in [-0.3, -0.25) is 0 Å². The van der Waals surface area contributed by atoms with Gasteiger partial charge in [-0.2, -0.15) is 0 Å². The van der Waals surface area contributed by atoms with Crippen LogP contribution in [-0.4, -0.2) is 12.6 Å². The van der Waals surface area contributed by atoms with Crippen LogP contribution in [0.15, 0.2) is 35.9 Å². The average Bonchev–Trinajstić information content (AvgIpc) is 2.37. The van der Waals surface area contributed by atoms with E-state index in [1.807, 2.05) is 0 Å². The first-order valence-corrected chi connectivity index (χ1v) is 7.70. The molecule has 0 spiro atoms. The Labute approximate surface area is 122 Å². The largest absolute Gasteiger partial charge is 0.493 e. The van der Waals surface area contributed by atoms with Gasteiger partial charge in [-0.05, 0) is 48.6 Å². The first-order chi connectivity index (χ1) is 9.53. The molecule has 0 aromatic heterocycles. The van der Waals surface area contributed by atoms with Crippen molar-refractivity contribution in [1.29, 1.82) is 0 Å². The molecule has 1 aromatic rings. The minimum atomic E-state index is 0.226. The smallest absolute Gasteiger partial charge is 0.122 e. The van der Waals surface area contributed by atoms with E-state index in [0.29, 0.717) is 11.3 Å². The maximum atomic E-state index is 6.20. The molecule has 3 rings (SSSR count). The summed E-state index contributed by atoms with van der Waals surface area (Å²) in [4.78, 5) is 0. The van der Waals surface area contributed by atoms with E-state index in [-0.39, 0.29) is 6.04 Å². The molecule has 2 atom stereocenters. The highest BCUT2D eigenvalue weighted by molar-refractivity contribution is 5.38.